The minimum Gasteiger partial charge on any atom is -0.447 e. The number of hydrogen-bond donors (Lipinski definition) is 0. The van der Waals surface area contributed by atoms with Gasteiger partial charge in [-0.25, -0.2) is 18.5 Å². The second kappa shape index (κ2) is 7.42. The van der Waals surface area contributed by atoms with E-state index >= 15 is 0 Å². The molecule has 1 heterocycles. The zero-order valence-corrected chi connectivity index (χ0v) is 13.5. The van der Waals surface area contributed by atoms with E-state index in [0.29, 0.717) is 12.0 Å². The van der Waals surface area contributed by atoms with Crippen LogP contribution in [0.15, 0.2) is 48.5 Å². The molecule has 1 unspecified atom stereocenters. The van der Waals surface area contributed by atoms with Gasteiger partial charge in [0, 0.05) is 12.5 Å². The number of aryl methyl sites for hydroxylation is 1. The van der Waals surface area contributed by atoms with E-state index in [9.17, 15) is 18.4 Å². The van der Waals surface area contributed by atoms with Gasteiger partial charge in [0.25, 0.3) is 0 Å². The van der Waals surface area contributed by atoms with Gasteiger partial charge in [0.15, 0.2) is 0 Å². The highest BCUT2D eigenvalue weighted by Gasteiger charge is 2.37. The van der Waals surface area contributed by atoms with Crippen molar-refractivity contribution in [3.63, 3.8) is 0 Å². The number of benzene rings is 2. The van der Waals surface area contributed by atoms with E-state index in [4.69, 9.17) is 4.74 Å². The van der Waals surface area contributed by atoms with Gasteiger partial charge in [-0.1, -0.05) is 30.3 Å². The topological polar surface area (TPSA) is 46.6 Å². The van der Waals surface area contributed by atoms with Crippen molar-refractivity contribution in [3.8, 4) is 0 Å². The standard InChI is InChI=1S/C19H17F2NO3/c20-15-8-14(9-16(21)11-15)6-7-18(23)22-17(12-25-19(22)24)10-13-4-2-1-3-5-13/h1-5,8-9,11,17H,6-7,10,12H2. The third-order valence-corrected chi connectivity index (χ3v) is 4.09. The molecule has 3 rings (SSSR count). The summed E-state index contributed by atoms with van der Waals surface area (Å²) in [6.07, 6.45) is -0.0395. The number of imide groups is 1. The quantitative estimate of drug-likeness (QED) is 0.833. The highest BCUT2D eigenvalue weighted by atomic mass is 19.1. The third-order valence-electron chi connectivity index (χ3n) is 4.09. The Morgan fingerprint density at radius 3 is 2.44 bits per heavy atom. The van der Waals surface area contributed by atoms with Gasteiger partial charge in [0.1, 0.15) is 18.2 Å². The molecular weight excluding hydrogens is 328 g/mol. The van der Waals surface area contributed by atoms with Gasteiger partial charge in [0.05, 0.1) is 6.04 Å². The average Bonchev–Trinajstić information content (AvgIpc) is 2.93. The van der Waals surface area contributed by atoms with Crippen molar-refractivity contribution in [2.45, 2.75) is 25.3 Å². The average molecular weight is 345 g/mol. The second-order valence-corrected chi connectivity index (χ2v) is 5.96. The van der Waals surface area contributed by atoms with Crippen molar-refractivity contribution in [2.75, 3.05) is 6.61 Å². The summed E-state index contributed by atoms with van der Waals surface area (Å²) in [5.74, 6) is -1.79. The molecule has 130 valence electrons. The molecule has 0 aliphatic carbocycles. The molecule has 0 N–H and O–H groups in total. The molecule has 2 amide bonds. The number of hydrogen-bond acceptors (Lipinski definition) is 3. The zero-order chi connectivity index (χ0) is 17.8. The van der Waals surface area contributed by atoms with Crippen LogP contribution >= 0.6 is 0 Å². The van der Waals surface area contributed by atoms with Crippen LogP contribution in [0.4, 0.5) is 13.6 Å². The molecule has 0 saturated carbocycles. The molecule has 1 aliphatic heterocycles. The predicted molar refractivity (Wildman–Crippen MR) is 86.8 cm³/mol. The number of nitrogens with zero attached hydrogens (tertiary/aromatic N) is 1. The van der Waals surface area contributed by atoms with E-state index in [1.807, 2.05) is 30.3 Å². The predicted octanol–water partition coefficient (Wildman–Crippen LogP) is 3.49. The summed E-state index contributed by atoms with van der Waals surface area (Å²) in [5.41, 5.74) is 1.37. The normalized spacial score (nSPS) is 16.8. The fourth-order valence-corrected chi connectivity index (χ4v) is 2.93. The van der Waals surface area contributed by atoms with Crippen molar-refractivity contribution < 1.29 is 23.1 Å². The van der Waals surface area contributed by atoms with Crippen molar-refractivity contribution in [1.82, 2.24) is 4.90 Å². The van der Waals surface area contributed by atoms with Gasteiger partial charge in [0.2, 0.25) is 5.91 Å². The highest BCUT2D eigenvalue weighted by molar-refractivity contribution is 5.93. The summed E-state index contributed by atoms with van der Waals surface area (Å²) < 4.78 is 31.4. The molecule has 0 spiro atoms. The Bertz CT molecular complexity index is 759. The fraction of sp³-hybridized carbons (Fsp3) is 0.263. The zero-order valence-electron chi connectivity index (χ0n) is 13.5. The lowest BCUT2D eigenvalue weighted by atomic mass is 10.0. The monoisotopic (exact) mass is 345 g/mol. The maximum absolute atomic E-state index is 13.2. The smallest absolute Gasteiger partial charge is 0.416 e. The van der Waals surface area contributed by atoms with E-state index in [0.717, 1.165) is 16.5 Å². The molecule has 0 radical (unpaired) electrons. The molecule has 1 fully saturated rings. The molecule has 25 heavy (non-hydrogen) atoms. The summed E-state index contributed by atoms with van der Waals surface area (Å²) in [4.78, 5) is 25.4. The van der Waals surface area contributed by atoms with Crippen LogP contribution in [0.3, 0.4) is 0 Å². The number of halogens is 2. The summed E-state index contributed by atoms with van der Waals surface area (Å²) in [6.45, 7) is 0.147. The van der Waals surface area contributed by atoms with Crippen LogP contribution in [0, 0.1) is 11.6 Å². The Morgan fingerprint density at radius 2 is 1.76 bits per heavy atom. The first-order chi connectivity index (χ1) is 12.0. The summed E-state index contributed by atoms with van der Waals surface area (Å²) >= 11 is 0. The van der Waals surface area contributed by atoms with Crippen LogP contribution < -0.4 is 0 Å². The van der Waals surface area contributed by atoms with E-state index < -0.39 is 23.6 Å². The lowest BCUT2D eigenvalue weighted by Gasteiger charge is -2.19. The van der Waals surface area contributed by atoms with Crippen LogP contribution in [0.1, 0.15) is 17.5 Å². The molecule has 2 aromatic rings. The van der Waals surface area contributed by atoms with Crippen LogP contribution in [-0.4, -0.2) is 29.5 Å². The molecule has 1 aliphatic rings. The summed E-state index contributed by atoms with van der Waals surface area (Å²) in [7, 11) is 0. The van der Waals surface area contributed by atoms with Crippen LogP contribution in [-0.2, 0) is 22.4 Å². The van der Waals surface area contributed by atoms with Crippen molar-refractivity contribution in [3.05, 3.63) is 71.3 Å². The van der Waals surface area contributed by atoms with E-state index in [1.165, 1.54) is 12.1 Å². The Labute approximate surface area is 144 Å². The van der Waals surface area contributed by atoms with Gasteiger partial charge in [-0.2, -0.15) is 0 Å². The van der Waals surface area contributed by atoms with Crippen LogP contribution in [0.5, 0.6) is 0 Å². The van der Waals surface area contributed by atoms with Crippen LogP contribution in [0.25, 0.3) is 0 Å². The molecule has 1 saturated heterocycles. The fourth-order valence-electron chi connectivity index (χ4n) is 2.93. The van der Waals surface area contributed by atoms with E-state index in [2.05, 4.69) is 0 Å². The second-order valence-electron chi connectivity index (χ2n) is 5.96. The largest absolute Gasteiger partial charge is 0.447 e. The molecule has 0 bridgehead atoms. The summed E-state index contributed by atoms with van der Waals surface area (Å²) in [5, 5.41) is 0. The Morgan fingerprint density at radius 1 is 1.08 bits per heavy atom. The lowest BCUT2D eigenvalue weighted by Crippen LogP contribution is -2.40. The number of rotatable bonds is 5. The minimum absolute atomic E-state index is 0.0245. The molecular formula is C19H17F2NO3. The third kappa shape index (κ3) is 4.21. The Kier molecular flexibility index (Phi) is 5.07. The van der Waals surface area contributed by atoms with E-state index in [1.54, 1.807) is 0 Å². The minimum atomic E-state index is -0.690. The first-order valence-corrected chi connectivity index (χ1v) is 8.00. The van der Waals surface area contributed by atoms with Gasteiger partial charge >= 0.3 is 6.09 Å². The lowest BCUT2D eigenvalue weighted by molar-refractivity contribution is -0.129. The van der Waals surface area contributed by atoms with Gasteiger partial charge in [-0.3, -0.25) is 4.79 Å². The maximum atomic E-state index is 13.2. The van der Waals surface area contributed by atoms with Crippen LogP contribution in [0.2, 0.25) is 0 Å². The first kappa shape index (κ1) is 17.1. The molecule has 1 atom stereocenters. The highest BCUT2D eigenvalue weighted by Crippen LogP contribution is 2.19. The Hall–Kier alpha value is -2.76. The number of ether oxygens (including phenoxy) is 1. The van der Waals surface area contributed by atoms with Crippen molar-refractivity contribution in [1.29, 1.82) is 0 Å². The maximum Gasteiger partial charge on any atom is 0.416 e. The van der Waals surface area contributed by atoms with Gasteiger partial charge in [-0.15, -0.1) is 0 Å². The Balaban J connectivity index is 1.65. The SMILES string of the molecule is O=C(CCc1cc(F)cc(F)c1)N1C(=O)OCC1Cc1ccccc1. The number of carbonyl (C=O) groups excluding carboxylic acids is 2. The number of carbonyl (C=O) groups is 2. The number of amides is 2. The molecule has 4 nitrogen and oxygen atoms in total. The molecule has 6 heteroatoms. The van der Waals surface area contributed by atoms with Crippen molar-refractivity contribution in [2.24, 2.45) is 0 Å². The van der Waals surface area contributed by atoms with Gasteiger partial charge in [-0.05, 0) is 36.1 Å². The first-order valence-electron chi connectivity index (χ1n) is 8.00. The van der Waals surface area contributed by atoms with E-state index in [-0.39, 0.29) is 25.5 Å². The summed E-state index contributed by atoms with van der Waals surface area (Å²) in [6, 6.07) is 12.3. The van der Waals surface area contributed by atoms with Crippen molar-refractivity contribution >= 4 is 12.0 Å². The molecule has 2 aromatic carbocycles. The number of cyclic esters (lactones) is 1. The molecule has 0 aromatic heterocycles. The van der Waals surface area contributed by atoms with Gasteiger partial charge < -0.3 is 4.74 Å².